The molecule has 0 aliphatic rings. The zero-order valence-electron chi connectivity index (χ0n) is 16.7. The first-order valence-electron chi connectivity index (χ1n) is 9.28. The van der Waals surface area contributed by atoms with E-state index >= 15 is 0 Å². The van der Waals surface area contributed by atoms with Gasteiger partial charge in [0.25, 0.3) is 5.69 Å². The van der Waals surface area contributed by atoms with Crippen molar-refractivity contribution in [1.29, 1.82) is 0 Å². The number of nitrogens with zero attached hydrogens (tertiary/aromatic N) is 1. The Morgan fingerprint density at radius 2 is 1.47 bits per heavy atom. The number of Topliss-reactive ketones (excluding diaryl/α,β-unsaturated/α-hetero) is 1. The number of rotatable bonds is 7. The summed E-state index contributed by atoms with van der Waals surface area (Å²) in [7, 11) is 0. The van der Waals surface area contributed by atoms with Gasteiger partial charge in [0, 0.05) is 11.6 Å². The van der Waals surface area contributed by atoms with Gasteiger partial charge in [-0.25, -0.2) is 9.59 Å². The normalized spacial score (nSPS) is 10.3. The van der Waals surface area contributed by atoms with E-state index in [-0.39, 0.29) is 27.0 Å². The zero-order valence-corrected chi connectivity index (χ0v) is 18.3. The van der Waals surface area contributed by atoms with E-state index in [1.54, 1.807) is 24.3 Å². The fraction of sp³-hybridized carbons (Fsp3) is 0.0870. The average molecular weight is 498 g/mol. The van der Waals surface area contributed by atoms with Gasteiger partial charge in [-0.2, -0.15) is 0 Å². The Balaban J connectivity index is 1.58. The Morgan fingerprint density at radius 1 is 0.875 bits per heavy atom. The molecule has 8 nitrogen and oxygen atoms in total. The molecule has 3 rings (SSSR count). The van der Waals surface area contributed by atoms with Crippen LogP contribution in [0.5, 0.6) is 5.75 Å². The van der Waals surface area contributed by atoms with Gasteiger partial charge in [-0.15, -0.1) is 0 Å². The van der Waals surface area contributed by atoms with Crippen LogP contribution in [0.15, 0.2) is 71.2 Å². The molecule has 0 saturated carbocycles. The van der Waals surface area contributed by atoms with E-state index in [0.717, 1.165) is 11.6 Å². The van der Waals surface area contributed by atoms with Gasteiger partial charge in [-0.05, 0) is 71.4 Å². The molecule has 0 atom stereocenters. The Morgan fingerprint density at radius 3 is 2.09 bits per heavy atom. The predicted octanol–water partition coefficient (Wildman–Crippen LogP) is 4.92. The van der Waals surface area contributed by atoms with Gasteiger partial charge in [0.1, 0.15) is 5.75 Å². The molecule has 162 valence electrons. The molecule has 0 aliphatic carbocycles. The van der Waals surface area contributed by atoms with Crippen molar-refractivity contribution in [3.8, 4) is 5.75 Å². The second-order valence-corrected chi connectivity index (χ2v) is 7.56. The first-order valence-corrected chi connectivity index (χ1v) is 10.1. The van der Waals surface area contributed by atoms with Crippen molar-refractivity contribution < 1.29 is 28.8 Å². The maximum atomic E-state index is 12.3. The predicted molar refractivity (Wildman–Crippen MR) is 118 cm³/mol. The van der Waals surface area contributed by atoms with Gasteiger partial charge >= 0.3 is 11.9 Å². The summed E-state index contributed by atoms with van der Waals surface area (Å²) in [6.45, 7) is 1.36. The lowest BCUT2D eigenvalue weighted by molar-refractivity contribution is -0.385. The van der Waals surface area contributed by atoms with Gasteiger partial charge in [0.15, 0.2) is 12.4 Å². The van der Waals surface area contributed by atoms with Crippen LogP contribution in [-0.4, -0.2) is 29.3 Å². The highest BCUT2D eigenvalue weighted by molar-refractivity contribution is 9.10. The molecule has 3 aromatic carbocycles. The molecule has 0 spiro atoms. The quantitative estimate of drug-likeness (QED) is 0.149. The molecule has 0 amide bonds. The molecule has 0 bridgehead atoms. The van der Waals surface area contributed by atoms with E-state index in [9.17, 15) is 24.5 Å². The van der Waals surface area contributed by atoms with Gasteiger partial charge in [-0.1, -0.05) is 17.7 Å². The van der Waals surface area contributed by atoms with Crippen LogP contribution in [0.4, 0.5) is 5.69 Å². The minimum Gasteiger partial charge on any atom is -0.454 e. The van der Waals surface area contributed by atoms with Crippen LogP contribution in [0.1, 0.15) is 36.6 Å². The fourth-order valence-corrected chi connectivity index (χ4v) is 3.03. The third-order valence-corrected chi connectivity index (χ3v) is 5.06. The summed E-state index contributed by atoms with van der Waals surface area (Å²) in [4.78, 5) is 46.9. The van der Waals surface area contributed by atoms with Crippen molar-refractivity contribution in [2.75, 3.05) is 6.61 Å². The van der Waals surface area contributed by atoms with Crippen LogP contribution >= 0.6 is 15.9 Å². The second kappa shape index (κ2) is 9.97. The monoisotopic (exact) mass is 497 g/mol. The van der Waals surface area contributed by atoms with E-state index in [4.69, 9.17) is 9.47 Å². The van der Waals surface area contributed by atoms with Crippen LogP contribution in [0.3, 0.4) is 0 Å². The van der Waals surface area contributed by atoms with Crippen molar-refractivity contribution in [3.63, 3.8) is 0 Å². The topological polar surface area (TPSA) is 113 Å². The molecule has 0 aromatic heterocycles. The lowest BCUT2D eigenvalue weighted by Crippen LogP contribution is -2.14. The number of hydrogen-bond acceptors (Lipinski definition) is 7. The summed E-state index contributed by atoms with van der Waals surface area (Å²) < 4.78 is 10.5. The minimum absolute atomic E-state index is 0.0499. The van der Waals surface area contributed by atoms with Gasteiger partial charge in [-0.3, -0.25) is 14.9 Å². The number of halogens is 1. The maximum absolute atomic E-state index is 12.3. The maximum Gasteiger partial charge on any atom is 0.343 e. The summed E-state index contributed by atoms with van der Waals surface area (Å²) in [5, 5.41) is 11.0. The second-order valence-electron chi connectivity index (χ2n) is 6.70. The number of benzene rings is 3. The third kappa shape index (κ3) is 5.64. The number of hydrogen-bond donors (Lipinski definition) is 0. The molecule has 0 aliphatic heterocycles. The number of nitro benzene ring substituents is 1. The lowest BCUT2D eigenvalue weighted by atomic mass is 10.1. The summed E-state index contributed by atoms with van der Waals surface area (Å²) in [5.74, 6) is -1.62. The number of esters is 2. The number of ketones is 1. The minimum atomic E-state index is -0.863. The standard InChI is InChI=1S/C23H16BrNO7/c1-14-2-4-16(5-3-14)23(28)32-18-9-6-15(7-10-18)21(26)13-31-22(27)17-8-11-19(24)20(12-17)25(29)30/h2-12H,13H2,1H3. The molecule has 3 aromatic rings. The molecule has 0 unspecified atom stereocenters. The van der Waals surface area contributed by atoms with Crippen LogP contribution < -0.4 is 4.74 Å². The summed E-state index contributed by atoms with van der Waals surface area (Å²) >= 11 is 3.03. The molecule has 32 heavy (non-hydrogen) atoms. The molecular weight excluding hydrogens is 482 g/mol. The molecule has 0 heterocycles. The van der Waals surface area contributed by atoms with E-state index in [2.05, 4.69) is 15.9 Å². The Labute approximate surface area is 191 Å². The lowest BCUT2D eigenvalue weighted by Gasteiger charge is -2.07. The zero-order chi connectivity index (χ0) is 23.3. The van der Waals surface area contributed by atoms with Crippen LogP contribution in [-0.2, 0) is 4.74 Å². The summed E-state index contributed by atoms with van der Waals surface area (Å²) in [6.07, 6.45) is 0. The van der Waals surface area contributed by atoms with Crippen LogP contribution in [0.2, 0.25) is 0 Å². The molecule has 0 N–H and O–H groups in total. The van der Waals surface area contributed by atoms with Gasteiger partial charge < -0.3 is 9.47 Å². The highest BCUT2D eigenvalue weighted by Crippen LogP contribution is 2.26. The number of aryl methyl sites for hydroxylation is 1. The summed E-state index contributed by atoms with van der Waals surface area (Å²) in [6, 6.07) is 16.5. The third-order valence-electron chi connectivity index (χ3n) is 4.39. The van der Waals surface area contributed by atoms with E-state index in [0.29, 0.717) is 5.56 Å². The molecule has 9 heteroatoms. The molecule has 0 saturated heterocycles. The fourth-order valence-electron chi connectivity index (χ4n) is 2.64. The van der Waals surface area contributed by atoms with Gasteiger partial charge in [0.05, 0.1) is 20.5 Å². The first kappa shape index (κ1) is 22.8. The van der Waals surface area contributed by atoms with Gasteiger partial charge in [0.2, 0.25) is 0 Å². The smallest absolute Gasteiger partial charge is 0.343 e. The van der Waals surface area contributed by atoms with Crippen LogP contribution in [0, 0.1) is 17.0 Å². The Hall–Kier alpha value is -3.85. The largest absolute Gasteiger partial charge is 0.454 e. The average Bonchev–Trinajstić information content (AvgIpc) is 2.78. The number of nitro groups is 1. The van der Waals surface area contributed by atoms with E-state index in [1.165, 1.54) is 36.4 Å². The van der Waals surface area contributed by atoms with E-state index in [1.807, 2.05) is 6.92 Å². The van der Waals surface area contributed by atoms with Crippen molar-refractivity contribution in [2.24, 2.45) is 0 Å². The molecular formula is C23H16BrNO7. The SMILES string of the molecule is Cc1ccc(C(=O)Oc2ccc(C(=O)COC(=O)c3ccc(Br)c([N+](=O)[O-])c3)cc2)cc1. The van der Waals surface area contributed by atoms with Crippen molar-refractivity contribution in [2.45, 2.75) is 6.92 Å². The first-order chi connectivity index (χ1) is 15.2. The highest BCUT2D eigenvalue weighted by atomic mass is 79.9. The summed E-state index contributed by atoms with van der Waals surface area (Å²) in [5.41, 5.74) is 1.32. The Bertz CT molecular complexity index is 1190. The number of carbonyl (C=O) groups excluding carboxylic acids is 3. The number of ether oxygens (including phenoxy) is 2. The molecule has 0 radical (unpaired) electrons. The van der Waals surface area contributed by atoms with Crippen molar-refractivity contribution in [1.82, 2.24) is 0 Å². The van der Waals surface area contributed by atoms with Crippen molar-refractivity contribution in [3.05, 3.63) is 104 Å². The molecule has 0 fully saturated rings. The van der Waals surface area contributed by atoms with Crippen LogP contribution in [0.25, 0.3) is 0 Å². The van der Waals surface area contributed by atoms with Crippen molar-refractivity contribution >= 4 is 39.3 Å². The Kier molecular flexibility index (Phi) is 7.11. The number of carbonyl (C=O) groups is 3. The van der Waals surface area contributed by atoms with E-state index < -0.39 is 29.3 Å². The highest BCUT2D eigenvalue weighted by Gasteiger charge is 2.18.